The van der Waals surface area contributed by atoms with Crippen LogP contribution >= 0.6 is 23.2 Å². The molecule has 1 atom stereocenters. The molecule has 0 bridgehead atoms. The number of rotatable bonds is 10. The Labute approximate surface area is 240 Å². The van der Waals surface area contributed by atoms with Gasteiger partial charge >= 0.3 is 0 Å². The summed E-state index contributed by atoms with van der Waals surface area (Å²) in [6, 6.07) is 17.1. The molecule has 0 saturated carbocycles. The zero-order valence-corrected chi connectivity index (χ0v) is 24.9. The molecule has 1 N–H and O–H groups in total. The smallest absolute Gasteiger partial charge is 0.264 e. The lowest BCUT2D eigenvalue weighted by atomic mass is 10.1. The van der Waals surface area contributed by atoms with Crippen LogP contribution in [0.25, 0.3) is 0 Å². The first-order valence-corrected chi connectivity index (χ1v) is 14.7. The maximum atomic E-state index is 14.0. The number of hydrogen-bond acceptors (Lipinski definition) is 4. The molecule has 3 aromatic rings. The molecule has 0 radical (unpaired) electrons. The van der Waals surface area contributed by atoms with E-state index in [1.807, 2.05) is 33.8 Å². The van der Waals surface area contributed by atoms with Crippen molar-refractivity contribution in [1.29, 1.82) is 0 Å². The molecule has 0 aromatic heterocycles. The third-order valence-corrected chi connectivity index (χ3v) is 8.43. The van der Waals surface area contributed by atoms with Crippen LogP contribution in [0.5, 0.6) is 0 Å². The van der Waals surface area contributed by atoms with Gasteiger partial charge in [-0.25, -0.2) is 8.42 Å². The van der Waals surface area contributed by atoms with Crippen molar-refractivity contribution in [2.75, 3.05) is 10.8 Å². The molecule has 0 unspecified atom stereocenters. The summed E-state index contributed by atoms with van der Waals surface area (Å²) in [4.78, 5) is 28.3. The lowest BCUT2D eigenvalue weighted by Crippen LogP contribution is -2.52. The molecular weight excluding hydrogens is 557 g/mol. The number of benzene rings is 3. The average molecular weight is 591 g/mol. The summed E-state index contributed by atoms with van der Waals surface area (Å²) in [7, 11) is -4.13. The molecule has 3 rings (SSSR count). The minimum absolute atomic E-state index is 0.0203. The second-order valence-corrected chi connectivity index (χ2v) is 12.5. The Morgan fingerprint density at radius 1 is 0.897 bits per heavy atom. The molecule has 0 aliphatic carbocycles. The highest BCUT2D eigenvalue weighted by Crippen LogP contribution is 2.28. The van der Waals surface area contributed by atoms with Crippen molar-refractivity contribution in [3.63, 3.8) is 0 Å². The molecule has 0 heterocycles. The van der Waals surface area contributed by atoms with Gasteiger partial charge in [-0.3, -0.25) is 13.9 Å². The molecule has 7 nitrogen and oxygen atoms in total. The molecular formula is C29H33Cl2N3O4S. The summed E-state index contributed by atoms with van der Waals surface area (Å²) < 4.78 is 28.8. The topological polar surface area (TPSA) is 86.8 Å². The quantitative estimate of drug-likeness (QED) is 0.326. The van der Waals surface area contributed by atoms with Gasteiger partial charge in [-0.15, -0.1) is 0 Å². The van der Waals surface area contributed by atoms with Gasteiger partial charge in [0.15, 0.2) is 0 Å². The van der Waals surface area contributed by atoms with Crippen LogP contribution in [0.4, 0.5) is 5.69 Å². The van der Waals surface area contributed by atoms with Gasteiger partial charge < -0.3 is 10.2 Å². The number of carbonyl (C=O) groups is 2. The maximum absolute atomic E-state index is 14.0. The van der Waals surface area contributed by atoms with E-state index in [0.29, 0.717) is 21.3 Å². The van der Waals surface area contributed by atoms with Crippen LogP contribution in [0.3, 0.4) is 0 Å². The van der Waals surface area contributed by atoms with Crippen molar-refractivity contribution in [2.24, 2.45) is 0 Å². The Bertz CT molecular complexity index is 1430. The Balaban J connectivity index is 2.07. The van der Waals surface area contributed by atoms with E-state index < -0.39 is 28.5 Å². The average Bonchev–Trinajstić information content (AvgIpc) is 2.85. The monoisotopic (exact) mass is 589 g/mol. The number of anilines is 1. The van der Waals surface area contributed by atoms with Crippen LogP contribution in [0.1, 0.15) is 37.5 Å². The van der Waals surface area contributed by atoms with Crippen LogP contribution in [-0.2, 0) is 26.2 Å². The molecule has 0 aliphatic rings. The summed E-state index contributed by atoms with van der Waals surface area (Å²) in [5.41, 5.74) is 2.62. The highest BCUT2D eigenvalue weighted by atomic mass is 35.5. The van der Waals surface area contributed by atoms with Crippen LogP contribution in [-0.4, -0.2) is 43.8 Å². The molecule has 0 saturated heterocycles. The van der Waals surface area contributed by atoms with Crippen molar-refractivity contribution in [3.8, 4) is 0 Å². The van der Waals surface area contributed by atoms with Crippen LogP contribution in [0.2, 0.25) is 10.0 Å². The number of hydrogen-bond donors (Lipinski definition) is 1. The normalized spacial score (nSPS) is 12.2. The highest BCUT2D eigenvalue weighted by Gasteiger charge is 2.33. The van der Waals surface area contributed by atoms with Crippen LogP contribution in [0.15, 0.2) is 71.6 Å². The number of carbonyl (C=O) groups excluding carboxylic acids is 2. The SMILES string of the molecule is Cc1cc(C)cc(N(CC(=O)N(Cc2ccc(Cl)cc2Cl)[C@H](C)C(=O)NC(C)C)S(=O)(=O)c2ccccc2)c1. The number of nitrogens with one attached hydrogen (secondary N) is 1. The zero-order chi connectivity index (χ0) is 28.9. The van der Waals surface area contributed by atoms with E-state index in [4.69, 9.17) is 23.2 Å². The number of amides is 2. The number of halogens is 2. The fourth-order valence-electron chi connectivity index (χ4n) is 4.16. The molecule has 10 heteroatoms. The van der Waals surface area contributed by atoms with E-state index in [1.54, 1.807) is 55.5 Å². The molecule has 208 valence electrons. The van der Waals surface area contributed by atoms with Gasteiger partial charge in [-0.2, -0.15) is 0 Å². The lowest BCUT2D eigenvalue weighted by molar-refractivity contribution is -0.139. The van der Waals surface area contributed by atoms with Crippen molar-refractivity contribution < 1.29 is 18.0 Å². The van der Waals surface area contributed by atoms with Crippen molar-refractivity contribution in [1.82, 2.24) is 10.2 Å². The Kier molecular flexibility index (Phi) is 10.0. The first-order chi connectivity index (χ1) is 18.3. The van der Waals surface area contributed by atoms with Gasteiger partial charge in [-0.05, 0) is 87.7 Å². The predicted octanol–water partition coefficient (Wildman–Crippen LogP) is 5.75. The van der Waals surface area contributed by atoms with Gasteiger partial charge in [0.2, 0.25) is 11.8 Å². The minimum Gasteiger partial charge on any atom is -0.352 e. The lowest BCUT2D eigenvalue weighted by Gasteiger charge is -2.32. The predicted molar refractivity (Wildman–Crippen MR) is 157 cm³/mol. The number of aryl methyl sites for hydroxylation is 2. The third-order valence-electron chi connectivity index (χ3n) is 6.06. The molecule has 0 fully saturated rings. The van der Waals surface area contributed by atoms with Gasteiger partial charge in [0, 0.05) is 22.6 Å². The Hall–Kier alpha value is -3.07. The van der Waals surface area contributed by atoms with E-state index >= 15 is 0 Å². The van der Waals surface area contributed by atoms with E-state index in [2.05, 4.69) is 5.32 Å². The van der Waals surface area contributed by atoms with Crippen LogP contribution < -0.4 is 9.62 Å². The number of sulfonamides is 1. The van der Waals surface area contributed by atoms with Gasteiger partial charge in [-0.1, -0.05) is 53.5 Å². The Morgan fingerprint density at radius 3 is 2.08 bits per heavy atom. The second kappa shape index (κ2) is 12.9. The summed E-state index contributed by atoms with van der Waals surface area (Å²) in [6.07, 6.45) is 0. The largest absolute Gasteiger partial charge is 0.352 e. The first-order valence-electron chi connectivity index (χ1n) is 12.5. The molecule has 39 heavy (non-hydrogen) atoms. The zero-order valence-electron chi connectivity index (χ0n) is 22.6. The molecule has 0 aliphatic heterocycles. The van der Waals surface area contributed by atoms with Gasteiger partial charge in [0.1, 0.15) is 12.6 Å². The Morgan fingerprint density at radius 2 is 1.51 bits per heavy atom. The summed E-state index contributed by atoms with van der Waals surface area (Å²) in [5, 5.41) is 3.59. The van der Waals surface area contributed by atoms with Crippen molar-refractivity contribution in [2.45, 2.75) is 58.1 Å². The molecule has 3 aromatic carbocycles. The number of nitrogens with zero attached hydrogens (tertiary/aromatic N) is 2. The summed E-state index contributed by atoms with van der Waals surface area (Å²) in [5.74, 6) is -0.932. The first kappa shape index (κ1) is 30.5. The molecule has 0 spiro atoms. The standard InChI is InChI=1S/C29H33Cl2N3O4S/c1-19(2)32-29(36)22(5)33(17-23-11-12-24(30)16-27(23)31)28(35)18-34(25-14-20(3)13-21(4)15-25)39(37,38)26-9-7-6-8-10-26/h6-16,19,22H,17-18H2,1-5H3,(H,32,36)/t22-/m1/s1. The van der Waals surface area contributed by atoms with Crippen LogP contribution in [0, 0.1) is 13.8 Å². The fraction of sp³-hybridized carbons (Fsp3) is 0.310. The highest BCUT2D eigenvalue weighted by molar-refractivity contribution is 7.92. The maximum Gasteiger partial charge on any atom is 0.264 e. The summed E-state index contributed by atoms with van der Waals surface area (Å²) in [6.45, 7) is 8.42. The third kappa shape index (κ3) is 7.75. The van der Waals surface area contributed by atoms with Gasteiger partial charge in [0.25, 0.3) is 10.0 Å². The second-order valence-electron chi connectivity index (χ2n) is 9.77. The van der Waals surface area contributed by atoms with Crippen molar-refractivity contribution >= 4 is 50.7 Å². The van der Waals surface area contributed by atoms with E-state index in [0.717, 1.165) is 15.4 Å². The van der Waals surface area contributed by atoms with Crippen molar-refractivity contribution in [3.05, 3.63) is 93.5 Å². The van der Waals surface area contributed by atoms with E-state index in [-0.39, 0.29) is 23.4 Å². The summed E-state index contributed by atoms with van der Waals surface area (Å²) >= 11 is 12.5. The van der Waals surface area contributed by atoms with Gasteiger partial charge in [0.05, 0.1) is 10.6 Å². The fourth-order valence-corrected chi connectivity index (χ4v) is 6.05. The minimum atomic E-state index is -4.13. The van der Waals surface area contributed by atoms with E-state index in [9.17, 15) is 18.0 Å². The van der Waals surface area contributed by atoms with E-state index in [1.165, 1.54) is 17.0 Å². The molecule has 2 amide bonds.